The van der Waals surface area contributed by atoms with Crippen LogP contribution in [0.1, 0.15) is 37.3 Å². The number of nitrogens with zero attached hydrogens (tertiary/aromatic N) is 3. The number of likely N-dealkylation sites (tertiary alicyclic amines) is 1. The number of anilines is 1. The van der Waals surface area contributed by atoms with E-state index in [0.29, 0.717) is 12.0 Å². The van der Waals surface area contributed by atoms with Gasteiger partial charge in [0.05, 0.1) is 0 Å². The van der Waals surface area contributed by atoms with E-state index >= 15 is 0 Å². The van der Waals surface area contributed by atoms with Gasteiger partial charge in [-0.05, 0) is 38.8 Å². The van der Waals surface area contributed by atoms with Gasteiger partial charge in [0, 0.05) is 36.8 Å². The van der Waals surface area contributed by atoms with Gasteiger partial charge in [-0.3, -0.25) is 0 Å². The van der Waals surface area contributed by atoms with E-state index in [1.54, 1.807) is 6.33 Å². The van der Waals surface area contributed by atoms with Crippen LogP contribution in [0.2, 0.25) is 0 Å². The number of rotatable bonds is 5. The average Bonchev–Trinajstić information content (AvgIpc) is 2.89. The minimum atomic E-state index is 0. The van der Waals surface area contributed by atoms with E-state index in [1.165, 1.54) is 25.9 Å². The Kier molecular flexibility index (Phi) is 7.66. The van der Waals surface area contributed by atoms with E-state index < -0.39 is 0 Å². The van der Waals surface area contributed by atoms with E-state index in [4.69, 9.17) is 5.73 Å². The van der Waals surface area contributed by atoms with Crippen LogP contribution in [0.3, 0.4) is 0 Å². The Labute approximate surface area is 138 Å². The largest absolute Gasteiger partial charge is 0.369 e. The third kappa shape index (κ3) is 4.95. The van der Waals surface area contributed by atoms with Crippen molar-refractivity contribution < 1.29 is 0 Å². The number of aromatic nitrogens is 2. The molecule has 0 bridgehead atoms. The van der Waals surface area contributed by atoms with Crippen LogP contribution >= 0.6 is 24.8 Å². The number of hydrogen-bond donors (Lipinski definition) is 2. The van der Waals surface area contributed by atoms with Gasteiger partial charge >= 0.3 is 0 Å². The predicted octanol–water partition coefficient (Wildman–Crippen LogP) is 2.03. The summed E-state index contributed by atoms with van der Waals surface area (Å²) in [6.45, 7) is 4.56. The third-order valence-electron chi connectivity index (χ3n) is 4.21. The molecule has 1 aliphatic carbocycles. The zero-order chi connectivity index (χ0) is 13.1. The molecule has 3 N–H and O–H groups in total. The van der Waals surface area contributed by atoms with Gasteiger partial charge in [0.15, 0.2) is 0 Å². The van der Waals surface area contributed by atoms with Gasteiger partial charge in [-0.2, -0.15) is 0 Å². The van der Waals surface area contributed by atoms with Crippen molar-refractivity contribution >= 4 is 30.6 Å². The molecule has 1 saturated carbocycles. The average molecular weight is 334 g/mol. The first-order chi connectivity index (χ1) is 9.31. The molecule has 5 nitrogen and oxygen atoms in total. The van der Waals surface area contributed by atoms with Crippen molar-refractivity contribution in [2.45, 2.75) is 37.6 Å². The van der Waals surface area contributed by atoms with Crippen molar-refractivity contribution in [3.63, 3.8) is 0 Å². The molecule has 120 valence electrons. The van der Waals surface area contributed by atoms with Gasteiger partial charge in [0.25, 0.3) is 0 Å². The summed E-state index contributed by atoms with van der Waals surface area (Å²) >= 11 is 0. The fourth-order valence-electron chi connectivity index (χ4n) is 2.94. The standard InChI is InChI=1S/C14H23N5.2ClH/c15-12-7-11(8-12)13-9-14(18-10-17-13)16-3-6-19-4-1-2-5-19;;/h9-12H,1-8,15H2,(H,16,17,18);2*1H. The summed E-state index contributed by atoms with van der Waals surface area (Å²) < 4.78 is 0. The second-order valence-electron chi connectivity index (χ2n) is 5.73. The number of nitrogens with one attached hydrogen (secondary N) is 1. The lowest BCUT2D eigenvalue weighted by molar-refractivity contribution is 0.345. The Morgan fingerprint density at radius 3 is 2.57 bits per heavy atom. The summed E-state index contributed by atoms with van der Waals surface area (Å²) in [6, 6.07) is 2.45. The van der Waals surface area contributed by atoms with E-state index in [1.807, 2.05) is 0 Å². The first-order valence-corrected chi connectivity index (χ1v) is 7.35. The summed E-state index contributed by atoms with van der Waals surface area (Å²) in [7, 11) is 0. The minimum absolute atomic E-state index is 0. The smallest absolute Gasteiger partial charge is 0.129 e. The summed E-state index contributed by atoms with van der Waals surface area (Å²) in [5, 5.41) is 3.40. The highest BCUT2D eigenvalue weighted by molar-refractivity contribution is 5.85. The SMILES string of the molecule is Cl.Cl.NC1CC(c2cc(NCCN3CCCC3)ncn2)C1. The van der Waals surface area contributed by atoms with E-state index in [9.17, 15) is 0 Å². The summed E-state index contributed by atoms with van der Waals surface area (Å²) in [6.07, 6.45) is 6.48. The lowest BCUT2D eigenvalue weighted by atomic mass is 9.79. The number of hydrogen-bond acceptors (Lipinski definition) is 5. The van der Waals surface area contributed by atoms with Crippen LogP contribution in [-0.2, 0) is 0 Å². The molecule has 0 atom stereocenters. The molecule has 2 fully saturated rings. The van der Waals surface area contributed by atoms with E-state index in [-0.39, 0.29) is 24.8 Å². The highest BCUT2D eigenvalue weighted by Gasteiger charge is 2.28. The molecule has 2 aliphatic rings. The zero-order valence-electron chi connectivity index (χ0n) is 12.2. The molecule has 0 radical (unpaired) electrons. The van der Waals surface area contributed by atoms with Crippen LogP contribution < -0.4 is 11.1 Å². The Hall–Kier alpha value is -0.620. The van der Waals surface area contributed by atoms with Crippen LogP contribution in [0, 0.1) is 0 Å². The monoisotopic (exact) mass is 333 g/mol. The number of nitrogens with two attached hydrogens (primary N) is 1. The molecule has 1 aliphatic heterocycles. The molecule has 0 unspecified atom stereocenters. The van der Waals surface area contributed by atoms with Gasteiger partial charge in [-0.15, -0.1) is 24.8 Å². The maximum absolute atomic E-state index is 5.83. The second-order valence-corrected chi connectivity index (χ2v) is 5.73. The van der Waals surface area contributed by atoms with E-state index in [2.05, 4.69) is 26.3 Å². The van der Waals surface area contributed by atoms with Crippen molar-refractivity contribution in [1.29, 1.82) is 0 Å². The van der Waals surface area contributed by atoms with Gasteiger partial charge in [-0.1, -0.05) is 0 Å². The van der Waals surface area contributed by atoms with Crippen molar-refractivity contribution in [1.82, 2.24) is 14.9 Å². The second kappa shape index (κ2) is 8.73. The highest BCUT2D eigenvalue weighted by Crippen LogP contribution is 2.34. The lowest BCUT2D eigenvalue weighted by Gasteiger charge is -2.31. The van der Waals surface area contributed by atoms with Crippen LogP contribution in [-0.4, -0.2) is 47.1 Å². The normalized spacial score (nSPS) is 24.6. The van der Waals surface area contributed by atoms with Crippen LogP contribution in [0.4, 0.5) is 5.82 Å². The van der Waals surface area contributed by atoms with Crippen molar-refractivity contribution in [2.24, 2.45) is 5.73 Å². The maximum atomic E-state index is 5.83. The Bertz CT molecular complexity index is 420. The Morgan fingerprint density at radius 1 is 1.19 bits per heavy atom. The van der Waals surface area contributed by atoms with E-state index in [0.717, 1.165) is 37.4 Å². The lowest BCUT2D eigenvalue weighted by Crippen LogP contribution is -2.35. The summed E-state index contributed by atoms with van der Waals surface area (Å²) in [5.41, 5.74) is 6.97. The van der Waals surface area contributed by atoms with Gasteiger partial charge < -0.3 is 16.0 Å². The van der Waals surface area contributed by atoms with Gasteiger partial charge in [0.2, 0.25) is 0 Å². The molecule has 1 aromatic heterocycles. The fraction of sp³-hybridized carbons (Fsp3) is 0.714. The van der Waals surface area contributed by atoms with Crippen LogP contribution in [0.25, 0.3) is 0 Å². The molecular formula is C14H25Cl2N5. The molecule has 21 heavy (non-hydrogen) atoms. The molecular weight excluding hydrogens is 309 g/mol. The van der Waals surface area contributed by atoms with Gasteiger partial charge in [0.1, 0.15) is 12.1 Å². The molecule has 3 rings (SSSR count). The molecule has 0 amide bonds. The quantitative estimate of drug-likeness (QED) is 0.862. The Morgan fingerprint density at radius 2 is 1.90 bits per heavy atom. The zero-order valence-corrected chi connectivity index (χ0v) is 13.8. The molecule has 1 aromatic rings. The van der Waals surface area contributed by atoms with Gasteiger partial charge in [-0.25, -0.2) is 9.97 Å². The van der Waals surface area contributed by atoms with Crippen LogP contribution in [0.5, 0.6) is 0 Å². The summed E-state index contributed by atoms with van der Waals surface area (Å²) in [4.78, 5) is 11.2. The first-order valence-electron chi connectivity index (χ1n) is 7.35. The topological polar surface area (TPSA) is 67.1 Å². The highest BCUT2D eigenvalue weighted by atomic mass is 35.5. The first kappa shape index (κ1) is 18.4. The molecule has 1 saturated heterocycles. The van der Waals surface area contributed by atoms with Crippen molar-refractivity contribution in [2.75, 3.05) is 31.5 Å². The molecule has 7 heteroatoms. The molecule has 0 spiro atoms. The minimum Gasteiger partial charge on any atom is -0.369 e. The maximum Gasteiger partial charge on any atom is 0.129 e. The predicted molar refractivity (Wildman–Crippen MR) is 90.6 cm³/mol. The summed E-state index contributed by atoms with van der Waals surface area (Å²) in [5.74, 6) is 1.49. The molecule has 2 heterocycles. The number of halogens is 2. The third-order valence-corrected chi connectivity index (χ3v) is 4.21. The Balaban J connectivity index is 0.00000110. The van der Waals surface area contributed by atoms with Crippen molar-refractivity contribution in [3.05, 3.63) is 18.1 Å². The molecule has 0 aromatic carbocycles. The van der Waals surface area contributed by atoms with Crippen LogP contribution in [0.15, 0.2) is 12.4 Å². The van der Waals surface area contributed by atoms with Crippen molar-refractivity contribution in [3.8, 4) is 0 Å². The fourth-order valence-corrected chi connectivity index (χ4v) is 2.94.